The summed E-state index contributed by atoms with van der Waals surface area (Å²) < 4.78 is 33.8. The third-order valence-electron chi connectivity index (χ3n) is 10.8. The summed E-state index contributed by atoms with van der Waals surface area (Å²) in [6.45, 7) is 7.74. The molecule has 4 aliphatic rings. The Kier molecular flexibility index (Phi) is 6.38. The quantitative estimate of drug-likeness (QED) is 0.485. The van der Waals surface area contributed by atoms with Gasteiger partial charge < -0.3 is 14.9 Å². The molecule has 3 saturated carbocycles. The third-order valence-corrected chi connectivity index (χ3v) is 10.8. The molecule has 9 unspecified atom stereocenters. The summed E-state index contributed by atoms with van der Waals surface area (Å²) in [5.41, 5.74) is 0.806. The number of allylic oxidation sites excluding steroid dienone is 1. The molecule has 0 heterocycles. The van der Waals surface area contributed by atoms with Gasteiger partial charge in [0.25, 0.3) is 5.92 Å². The second-order valence-electron chi connectivity index (χ2n) is 12.2. The highest BCUT2D eigenvalue weighted by Gasteiger charge is 2.61. The minimum atomic E-state index is -2.98. The van der Waals surface area contributed by atoms with Crippen molar-refractivity contribution in [1.82, 2.24) is 0 Å². The van der Waals surface area contributed by atoms with E-state index in [0.717, 1.165) is 38.5 Å². The van der Waals surface area contributed by atoms with Gasteiger partial charge in [0.1, 0.15) is 6.61 Å². The highest BCUT2D eigenvalue weighted by molar-refractivity contribution is 5.28. The van der Waals surface area contributed by atoms with E-state index in [0.29, 0.717) is 36.5 Å². The summed E-state index contributed by atoms with van der Waals surface area (Å²) in [6.07, 6.45) is 9.79. The minimum Gasteiger partial charge on any atom is -0.390 e. The van der Waals surface area contributed by atoms with Crippen LogP contribution in [0.25, 0.3) is 0 Å². The number of fused-ring (bicyclic) bond motifs is 5. The molecule has 9 atom stereocenters. The minimum absolute atomic E-state index is 0.0555. The highest BCUT2D eigenvalue weighted by atomic mass is 19.3. The highest BCUT2D eigenvalue weighted by Crippen LogP contribution is 2.68. The molecule has 4 rings (SSSR count). The zero-order chi connectivity index (χ0) is 23.5. The number of aliphatic hydroxyl groups excluding tert-OH is 1. The Morgan fingerprint density at radius 3 is 2.56 bits per heavy atom. The molecule has 0 radical (unpaired) electrons. The number of hydrogen-bond donors (Lipinski definition) is 2. The molecule has 0 amide bonds. The third kappa shape index (κ3) is 3.69. The van der Waals surface area contributed by atoms with Crippen LogP contribution < -0.4 is 0 Å². The summed E-state index contributed by atoms with van der Waals surface area (Å²) in [7, 11) is 1.73. The molecule has 0 aromatic rings. The second-order valence-corrected chi connectivity index (χ2v) is 12.2. The summed E-state index contributed by atoms with van der Waals surface area (Å²) in [4.78, 5) is 0. The van der Waals surface area contributed by atoms with Gasteiger partial charge in [-0.2, -0.15) is 0 Å². The van der Waals surface area contributed by atoms with Gasteiger partial charge in [0.2, 0.25) is 0 Å². The number of aliphatic hydroxyl groups is 2. The lowest BCUT2D eigenvalue weighted by Crippen LogP contribution is -2.57. The van der Waals surface area contributed by atoms with Gasteiger partial charge in [-0.05, 0) is 85.4 Å². The monoisotopic (exact) mass is 454 g/mol. The van der Waals surface area contributed by atoms with E-state index < -0.39 is 18.1 Å². The summed E-state index contributed by atoms with van der Waals surface area (Å²) in [6, 6.07) is 0. The normalized spacial score (nSPS) is 47.3. The van der Waals surface area contributed by atoms with Crippen molar-refractivity contribution in [2.24, 2.45) is 40.4 Å². The fourth-order valence-electron chi connectivity index (χ4n) is 9.04. The van der Waals surface area contributed by atoms with Crippen molar-refractivity contribution in [2.45, 2.75) is 103 Å². The maximum Gasteiger partial charge on any atom is 0.270 e. The van der Waals surface area contributed by atoms with E-state index in [9.17, 15) is 13.9 Å². The van der Waals surface area contributed by atoms with Gasteiger partial charge in [0.15, 0.2) is 0 Å². The largest absolute Gasteiger partial charge is 0.390 e. The lowest BCUT2D eigenvalue weighted by atomic mass is 9.46. The van der Waals surface area contributed by atoms with Crippen LogP contribution in [0.4, 0.5) is 8.78 Å². The van der Waals surface area contributed by atoms with Crippen molar-refractivity contribution in [2.75, 3.05) is 13.7 Å². The molecule has 184 valence electrons. The average Bonchev–Trinajstić information content (AvgIpc) is 3.11. The fourth-order valence-corrected chi connectivity index (χ4v) is 9.04. The standard InChI is InChI=1S/C27H44F2O3/c1-6-26(31)14-18-7-8-19-21-10-9-20(17(2)13-27(28,29)16-30)24(21,3)12-11-22(19)25(18,4)15-23(26)32-5/h7,17,19-23,30-31H,6,8-16H2,1-5H3. The first-order valence-electron chi connectivity index (χ1n) is 12.9. The van der Waals surface area contributed by atoms with E-state index in [4.69, 9.17) is 9.84 Å². The molecule has 0 aliphatic heterocycles. The Hall–Kier alpha value is -0.520. The number of hydrogen-bond acceptors (Lipinski definition) is 3. The molecule has 4 aliphatic carbocycles. The molecule has 0 spiro atoms. The van der Waals surface area contributed by atoms with Crippen molar-refractivity contribution >= 4 is 0 Å². The molecule has 2 N–H and O–H groups in total. The molecule has 0 saturated heterocycles. The van der Waals surface area contributed by atoms with E-state index in [1.54, 1.807) is 7.11 Å². The van der Waals surface area contributed by atoms with Crippen molar-refractivity contribution in [3.63, 3.8) is 0 Å². The maximum absolute atomic E-state index is 14.0. The van der Waals surface area contributed by atoms with Gasteiger partial charge >= 0.3 is 0 Å². The number of ether oxygens (including phenoxy) is 1. The first-order chi connectivity index (χ1) is 14.9. The lowest BCUT2D eigenvalue weighted by molar-refractivity contribution is -0.149. The number of halogens is 2. The Balaban J connectivity index is 1.58. The molecule has 5 heteroatoms. The number of methoxy groups -OCH3 is 1. The summed E-state index contributed by atoms with van der Waals surface area (Å²) in [5.74, 6) is -1.03. The van der Waals surface area contributed by atoms with Gasteiger partial charge in [0.05, 0.1) is 11.7 Å². The van der Waals surface area contributed by atoms with Crippen LogP contribution in [0.15, 0.2) is 11.6 Å². The molecule has 0 aromatic heterocycles. The van der Waals surface area contributed by atoms with E-state index in [1.165, 1.54) is 5.57 Å². The smallest absolute Gasteiger partial charge is 0.270 e. The van der Waals surface area contributed by atoms with Crippen molar-refractivity contribution in [3.05, 3.63) is 11.6 Å². The molecule has 0 aromatic carbocycles. The first kappa shape index (κ1) is 24.6. The summed E-state index contributed by atoms with van der Waals surface area (Å²) >= 11 is 0. The molecule has 3 nitrogen and oxygen atoms in total. The molecular weight excluding hydrogens is 410 g/mol. The second kappa shape index (κ2) is 8.30. The van der Waals surface area contributed by atoms with E-state index >= 15 is 0 Å². The topological polar surface area (TPSA) is 49.7 Å². The van der Waals surface area contributed by atoms with E-state index in [-0.39, 0.29) is 29.3 Å². The van der Waals surface area contributed by atoms with Crippen LogP contribution in [0.3, 0.4) is 0 Å². The van der Waals surface area contributed by atoms with Crippen LogP contribution in [0.1, 0.15) is 85.5 Å². The predicted molar refractivity (Wildman–Crippen MR) is 122 cm³/mol. The Morgan fingerprint density at radius 1 is 1.22 bits per heavy atom. The molecule has 3 fully saturated rings. The lowest BCUT2D eigenvalue weighted by Gasteiger charge is -2.60. The maximum atomic E-state index is 14.0. The van der Waals surface area contributed by atoms with Gasteiger partial charge in [-0.25, -0.2) is 8.78 Å². The zero-order valence-electron chi connectivity index (χ0n) is 20.7. The van der Waals surface area contributed by atoms with Crippen LogP contribution in [-0.4, -0.2) is 41.6 Å². The average molecular weight is 455 g/mol. The van der Waals surface area contributed by atoms with Crippen LogP contribution in [0.2, 0.25) is 0 Å². The Labute approximate surface area is 193 Å². The van der Waals surface area contributed by atoms with Gasteiger partial charge in [-0.3, -0.25) is 0 Å². The van der Waals surface area contributed by atoms with Crippen LogP contribution in [0, 0.1) is 40.4 Å². The van der Waals surface area contributed by atoms with Crippen molar-refractivity contribution in [1.29, 1.82) is 0 Å². The van der Waals surface area contributed by atoms with Crippen molar-refractivity contribution < 1.29 is 23.7 Å². The Morgan fingerprint density at radius 2 is 1.94 bits per heavy atom. The zero-order valence-corrected chi connectivity index (χ0v) is 20.7. The van der Waals surface area contributed by atoms with Crippen LogP contribution in [0.5, 0.6) is 0 Å². The van der Waals surface area contributed by atoms with Gasteiger partial charge in [-0.1, -0.05) is 39.3 Å². The SMILES string of the molecule is CCC1(O)CC2=CCC3C(CCC4(C)C(C(C)CC(F)(F)CO)CCC34)C2(C)CC1OC. The number of rotatable bonds is 6. The molecule has 0 bridgehead atoms. The number of alkyl halides is 2. The van der Waals surface area contributed by atoms with Gasteiger partial charge in [0, 0.05) is 20.0 Å². The predicted octanol–water partition coefficient (Wildman–Crippen LogP) is 5.99. The molecular formula is C27H44F2O3. The first-order valence-corrected chi connectivity index (χ1v) is 12.9. The van der Waals surface area contributed by atoms with E-state index in [2.05, 4.69) is 19.9 Å². The molecule has 32 heavy (non-hydrogen) atoms. The summed E-state index contributed by atoms with van der Waals surface area (Å²) in [5, 5.41) is 20.3. The van der Waals surface area contributed by atoms with Crippen LogP contribution >= 0.6 is 0 Å². The fraction of sp³-hybridized carbons (Fsp3) is 0.926. The van der Waals surface area contributed by atoms with E-state index in [1.807, 2.05) is 13.8 Å². The Bertz CT molecular complexity index is 738. The van der Waals surface area contributed by atoms with Crippen LogP contribution in [-0.2, 0) is 4.74 Å². The van der Waals surface area contributed by atoms with Crippen molar-refractivity contribution in [3.8, 4) is 0 Å². The van der Waals surface area contributed by atoms with Gasteiger partial charge in [-0.15, -0.1) is 0 Å².